The Balaban J connectivity index is 2.05. The minimum absolute atomic E-state index is 0.0658. The maximum Gasteiger partial charge on any atom is 0.416 e. The van der Waals surface area contributed by atoms with Crippen LogP contribution in [0.2, 0.25) is 0 Å². The molecule has 0 aliphatic carbocycles. The molecule has 0 spiro atoms. The summed E-state index contributed by atoms with van der Waals surface area (Å²) in [5.41, 5.74) is -0.633. The van der Waals surface area contributed by atoms with Gasteiger partial charge in [-0.2, -0.15) is 13.2 Å². The lowest BCUT2D eigenvalue weighted by atomic mass is 10.2. The van der Waals surface area contributed by atoms with E-state index in [4.69, 9.17) is 14.2 Å². The number of hydrogen-bond acceptors (Lipinski definition) is 5. The number of benzene rings is 2. The molecule has 1 unspecified atom stereocenters. The Labute approximate surface area is 159 Å². The fourth-order valence-electron chi connectivity index (χ4n) is 2.31. The second-order valence-corrected chi connectivity index (χ2v) is 5.65. The molecule has 2 aromatic rings. The summed E-state index contributed by atoms with van der Waals surface area (Å²) in [5.74, 6) is -1.04. The lowest BCUT2D eigenvalue weighted by molar-refractivity contribution is -0.137. The van der Waals surface area contributed by atoms with E-state index in [-0.39, 0.29) is 17.0 Å². The second kappa shape index (κ2) is 8.64. The Morgan fingerprint density at radius 3 is 2.18 bits per heavy atom. The average Bonchev–Trinajstić information content (AvgIpc) is 2.66. The molecule has 0 aromatic heterocycles. The standard InChI is InChI=1S/C19H18F3NO5/c1-11(17(24)23-13-9-7-12(8-10-13)19(20,21)22)28-18(25)14-5-4-6-15(26-2)16(14)27-3/h4-11H,1-3H3,(H,23,24). The Hall–Kier alpha value is -3.23. The first-order valence-corrected chi connectivity index (χ1v) is 8.07. The predicted molar refractivity (Wildman–Crippen MR) is 94.5 cm³/mol. The normalized spacial score (nSPS) is 12.1. The molecule has 9 heteroatoms. The van der Waals surface area contributed by atoms with Crippen molar-refractivity contribution in [2.45, 2.75) is 19.2 Å². The first kappa shape index (κ1) is 21.1. The number of alkyl halides is 3. The Morgan fingerprint density at radius 1 is 1.00 bits per heavy atom. The number of carbonyl (C=O) groups is 2. The summed E-state index contributed by atoms with van der Waals surface area (Å²) in [6.45, 7) is 1.34. The van der Waals surface area contributed by atoms with Gasteiger partial charge in [0.15, 0.2) is 17.6 Å². The number of hydrogen-bond donors (Lipinski definition) is 1. The van der Waals surface area contributed by atoms with Gasteiger partial charge in [-0.05, 0) is 43.3 Å². The van der Waals surface area contributed by atoms with Crippen LogP contribution in [0.3, 0.4) is 0 Å². The van der Waals surface area contributed by atoms with Crippen molar-refractivity contribution in [3.8, 4) is 11.5 Å². The largest absolute Gasteiger partial charge is 0.493 e. The molecule has 0 fully saturated rings. The summed E-state index contributed by atoms with van der Waals surface area (Å²) in [6.07, 6.45) is -5.67. The van der Waals surface area contributed by atoms with Crippen molar-refractivity contribution in [3.05, 3.63) is 53.6 Å². The second-order valence-electron chi connectivity index (χ2n) is 5.65. The molecule has 2 rings (SSSR count). The number of methoxy groups -OCH3 is 2. The number of para-hydroxylation sites is 1. The molecule has 0 saturated heterocycles. The van der Waals surface area contributed by atoms with Crippen LogP contribution in [0.25, 0.3) is 0 Å². The van der Waals surface area contributed by atoms with Gasteiger partial charge in [0, 0.05) is 5.69 Å². The molecule has 0 saturated carbocycles. The highest BCUT2D eigenvalue weighted by Gasteiger charge is 2.30. The van der Waals surface area contributed by atoms with Crippen LogP contribution < -0.4 is 14.8 Å². The van der Waals surface area contributed by atoms with Crippen LogP contribution in [-0.2, 0) is 15.7 Å². The van der Waals surface area contributed by atoms with Crippen LogP contribution in [0.5, 0.6) is 11.5 Å². The van der Waals surface area contributed by atoms with Gasteiger partial charge in [0.1, 0.15) is 5.56 Å². The number of halogens is 3. The molecular formula is C19H18F3NO5. The van der Waals surface area contributed by atoms with E-state index in [1.165, 1.54) is 27.2 Å². The minimum Gasteiger partial charge on any atom is -0.493 e. The molecule has 0 bridgehead atoms. The highest BCUT2D eigenvalue weighted by molar-refractivity contribution is 5.98. The molecule has 0 heterocycles. The lowest BCUT2D eigenvalue weighted by Crippen LogP contribution is -2.30. The quantitative estimate of drug-likeness (QED) is 0.749. The zero-order valence-electron chi connectivity index (χ0n) is 15.3. The smallest absolute Gasteiger partial charge is 0.416 e. The first-order chi connectivity index (χ1) is 13.2. The van der Waals surface area contributed by atoms with E-state index in [1.54, 1.807) is 12.1 Å². The van der Waals surface area contributed by atoms with Gasteiger partial charge < -0.3 is 19.5 Å². The van der Waals surface area contributed by atoms with Crippen molar-refractivity contribution in [1.82, 2.24) is 0 Å². The predicted octanol–water partition coefficient (Wildman–Crippen LogP) is 3.91. The monoisotopic (exact) mass is 397 g/mol. The van der Waals surface area contributed by atoms with Crippen LogP contribution in [0.1, 0.15) is 22.8 Å². The number of ether oxygens (including phenoxy) is 3. The Bertz CT molecular complexity index is 850. The molecule has 150 valence electrons. The third kappa shape index (κ3) is 4.93. The van der Waals surface area contributed by atoms with Gasteiger partial charge in [0.05, 0.1) is 19.8 Å². The van der Waals surface area contributed by atoms with Crippen molar-refractivity contribution in [3.63, 3.8) is 0 Å². The molecule has 0 aliphatic heterocycles. The number of nitrogens with one attached hydrogen (secondary N) is 1. The van der Waals surface area contributed by atoms with Gasteiger partial charge >= 0.3 is 12.1 Å². The number of rotatable bonds is 6. The van der Waals surface area contributed by atoms with Gasteiger partial charge in [-0.15, -0.1) is 0 Å². The van der Waals surface area contributed by atoms with Crippen LogP contribution in [-0.4, -0.2) is 32.2 Å². The topological polar surface area (TPSA) is 73.9 Å². The number of carbonyl (C=O) groups excluding carboxylic acids is 2. The zero-order valence-corrected chi connectivity index (χ0v) is 15.3. The molecule has 1 atom stereocenters. The minimum atomic E-state index is -4.47. The fraction of sp³-hybridized carbons (Fsp3) is 0.263. The van der Waals surface area contributed by atoms with Crippen LogP contribution >= 0.6 is 0 Å². The number of amides is 1. The van der Waals surface area contributed by atoms with E-state index < -0.39 is 29.7 Å². The van der Waals surface area contributed by atoms with Crippen LogP contribution in [0.4, 0.5) is 18.9 Å². The van der Waals surface area contributed by atoms with E-state index in [9.17, 15) is 22.8 Å². The van der Waals surface area contributed by atoms with Crippen molar-refractivity contribution in [2.24, 2.45) is 0 Å². The van der Waals surface area contributed by atoms with E-state index in [1.807, 2.05) is 0 Å². The third-order valence-electron chi connectivity index (χ3n) is 3.76. The Kier molecular flexibility index (Phi) is 6.50. The Morgan fingerprint density at radius 2 is 1.64 bits per heavy atom. The SMILES string of the molecule is COc1cccc(C(=O)OC(C)C(=O)Nc2ccc(C(F)(F)F)cc2)c1OC. The first-order valence-electron chi connectivity index (χ1n) is 8.07. The van der Waals surface area contributed by atoms with Crippen LogP contribution in [0, 0.1) is 0 Å². The number of anilines is 1. The van der Waals surface area contributed by atoms with E-state index in [0.717, 1.165) is 24.3 Å². The molecule has 28 heavy (non-hydrogen) atoms. The number of esters is 1. The summed E-state index contributed by atoms with van der Waals surface area (Å²) in [7, 11) is 2.77. The van der Waals surface area contributed by atoms with Gasteiger partial charge in [0.2, 0.25) is 0 Å². The average molecular weight is 397 g/mol. The third-order valence-corrected chi connectivity index (χ3v) is 3.76. The molecular weight excluding hydrogens is 379 g/mol. The summed E-state index contributed by atoms with van der Waals surface area (Å²) < 4.78 is 53.1. The molecule has 0 aliphatic rings. The summed E-state index contributed by atoms with van der Waals surface area (Å²) >= 11 is 0. The molecule has 2 aromatic carbocycles. The summed E-state index contributed by atoms with van der Waals surface area (Å²) in [6, 6.07) is 8.51. The van der Waals surface area contributed by atoms with Crippen molar-refractivity contribution < 1.29 is 37.0 Å². The fourth-order valence-corrected chi connectivity index (χ4v) is 2.31. The molecule has 1 amide bonds. The van der Waals surface area contributed by atoms with Gasteiger partial charge in [-0.1, -0.05) is 6.07 Å². The summed E-state index contributed by atoms with van der Waals surface area (Å²) in [4.78, 5) is 24.5. The van der Waals surface area contributed by atoms with Gasteiger partial charge in [0.25, 0.3) is 5.91 Å². The maximum absolute atomic E-state index is 12.6. The van der Waals surface area contributed by atoms with Crippen molar-refractivity contribution in [1.29, 1.82) is 0 Å². The van der Waals surface area contributed by atoms with Crippen molar-refractivity contribution in [2.75, 3.05) is 19.5 Å². The van der Waals surface area contributed by atoms with Crippen molar-refractivity contribution >= 4 is 17.6 Å². The van der Waals surface area contributed by atoms with Gasteiger partial charge in [-0.3, -0.25) is 4.79 Å². The van der Waals surface area contributed by atoms with E-state index in [0.29, 0.717) is 5.75 Å². The zero-order chi connectivity index (χ0) is 20.9. The van der Waals surface area contributed by atoms with E-state index >= 15 is 0 Å². The lowest BCUT2D eigenvalue weighted by Gasteiger charge is -2.16. The van der Waals surface area contributed by atoms with Crippen LogP contribution in [0.15, 0.2) is 42.5 Å². The highest BCUT2D eigenvalue weighted by Crippen LogP contribution is 2.32. The maximum atomic E-state index is 12.6. The van der Waals surface area contributed by atoms with E-state index in [2.05, 4.69) is 5.32 Å². The highest BCUT2D eigenvalue weighted by atomic mass is 19.4. The molecule has 1 N–H and O–H groups in total. The molecule has 6 nitrogen and oxygen atoms in total. The van der Waals surface area contributed by atoms with Gasteiger partial charge in [-0.25, -0.2) is 4.79 Å². The molecule has 0 radical (unpaired) electrons. The summed E-state index contributed by atoms with van der Waals surface area (Å²) in [5, 5.41) is 2.39.